The summed E-state index contributed by atoms with van der Waals surface area (Å²) in [6.45, 7) is 2.89. The predicted molar refractivity (Wildman–Crippen MR) is 51.6 cm³/mol. The smallest absolute Gasteiger partial charge is 0.254 e. The monoisotopic (exact) mass is 183 g/mol. The largest absolute Gasteiger partial charge is 0.342 e. The second kappa shape index (κ2) is 4.26. The maximum atomic E-state index is 11.5. The van der Waals surface area contributed by atoms with Crippen molar-refractivity contribution >= 4 is 17.2 Å². The lowest BCUT2D eigenvalue weighted by Gasteiger charge is -2.14. The van der Waals surface area contributed by atoms with E-state index in [1.165, 1.54) is 0 Å². The molecule has 0 fully saturated rings. The highest BCUT2D eigenvalue weighted by Gasteiger charge is 2.09. The third-order valence-corrected chi connectivity index (χ3v) is 2.36. The van der Waals surface area contributed by atoms with Crippen molar-refractivity contribution in [2.45, 2.75) is 13.3 Å². The molecule has 1 amide bonds. The molecule has 0 aliphatic heterocycles. The van der Waals surface area contributed by atoms with Gasteiger partial charge in [-0.2, -0.15) is 11.3 Å². The SMILES string of the molecule is CCCN(C)C(=O)c1ccsc1. The highest BCUT2D eigenvalue weighted by atomic mass is 32.1. The van der Waals surface area contributed by atoms with Gasteiger partial charge in [-0.3, -0.25) is 4.79 Å². The van der Waals surface area contributed by atoms with Crippen molar-refractivity contribution in [3.63, 3.8) is 0 Å². The van der Waals surface area contributed by atoms with Gasteiger partial charge in [-0.15, -0.1) is 0 Å². The number of hydrogen-bond donors (Lipinski definition) is 0. The number of carbonyl (C=O) groups excluding carboxylic acids is 1. The summed E-state index contributed by atoms with van der Waals surface area (Å²) in [7, 11) is 1.84. The van der Waals surface area contributed by atoms with Gasteiger partial charge in [-0.1, -0.05) is 6.92 Å². The zero-order chi connectivity index (χ0) is 8.97. The van der Waals surface area contributed by atoms with Crippen LogP contribution in [0.4, 0.5) is 0 Å². The Balaban J connectivity index is 2.59. The van der Waals surface area contributed by atoms with Crippen LogP contribution in [-0.4, -0.2) is 24.4 Å². The van der Waals surface area contributed by atoms with Crippen molar-refractivity contribution < 1.29 is 4.79 Å². The van der Waals surface area contributed by atoms with E-state index in [4.69, 9.17) is 0 Å². The fraction of sp³-hybridized carbons (Fsp3) is 0.444. The van der Waals surface area contributed by atoms with Gasteiger partial charge in [0.15, 0.2) is 0 Å². The van der Waals surface area contributed by atoms with E-state index in [1.54, 1.807) is 16.2 Å². The molecular weight excluding hydrogens is 170 g/mol. The predicted octanol–water partition coefficient (Wildman–Crippen LogP) is 2.23. The van der Waals surface area contributed by atoms with Crippen LogP contribution in [0.1, 0.15) is 23.7 Å². The summed E-state index contributed by atoms with van der Waals surface area (Å²) in [4.78, 5) is 13.3. The van der Waals surface area contributed by atoms with Crippen molar-refractivity contribution in [1.29, 1.82) is 0 Å². The Morgan fingerprint density at radius 3 is 2.92 bits per heavy atom. The second-order valence-corrected chi connectivity index (χ2v) is 3.52. The Bertz CT molecular complexity index is 243. The molecule has 0 bridgehead atoms. The summed E-state index contributed by atoms with van der Waals surface area (Å²) in [5.74, 6) is 0.123. The molecule has 1 heterocycles. The van der Waals surface area contributed by atoms with Gasteiger partial charge in [0.2, 0.25) is 0 Å². The molecule has 0 unspecified atom stereocenters. The lowest BCUT2D eigenvalue weighted by atomic mass is 10.3. The molecule has 0 N–H and O–H groups in total. The summed E-state index contributed by atoms with van der Waals surface area (Å²) in [6, 6.07) is 1.86. The van der Waals surface area contributed by atoms with Gasteiger partial charge in [-0.05, 0) is 17.9 Å². The minimum Gasteiger partial charge on any atom is -0.342 e. The van der Waals surface area contributed by atoms with E-state index in [0.29, 0.717) is 0 Å². The molecule has 12 heavy (non-hydrogen) atoms. The highest BCUT2D eigenvalue weighted by Crippen LogP contribution is 2.08. The van der Waals surface area contributed by atoms with Crippen LogP contribution < -0.4 is 0 Å². The molecule has 0 aliphatic carbocycles. The van der Waals surface area contributed by atoms with E-state index in [0.717, 1.165) is 18.5 Å². The maximum Gasteiger partial charge on any atom is 0.254 e. The van der Waals surface area contributed by atoms with Crippen molar-refractivity contribution in [2.24, 2.45) is 0 Å². The Kier molecular flexibility index (Phi) is 3.29. The van der Waals surface area contributed by atoms with Crippen LogP contribution in [-0.2, 0) is 0 Å². The molecule has 0 spiro atoms. The number of nitrogens with zero attached hydrogens (tertiary/aromatic N) is 1. The fourth-order valence-corrected chi connectivity index (χ4v) is 1.67. The van der Waals surface area contributed by atoms with Gasteiger partial charge in [0.05, 0.1) is 5.56 Å². The zero-order valence-electron chi connectivity index (χ0n) is 7.41. The fourth-order valence-electron chi connectivity index (χ4n) is 1.04. The van der Waals surface area contributed by atoms with Crippen molar-refractivity contribution in [2.75, 3.05) is 13.6 Å². The van der Waals surface area contributed by atoms with Crippen molar-refractivity contribution in [1.82, 2.24) is 4.90 Å². The van der Waals surface area contributed by atoms with E-state index in [1.807, 2.05) is 23.9 Å². The van der Waals surface area contributed by atoms with Crippen LogP contribution in [0.25, 0.3) is 0 Å². The molecule has 1 aromatic rings. The van der Waals surface area contributed by atoms with Gasteiger partial charge in [0.1, 0.15) is 0 Å². The van der Waals surface area contributed by atoms with Gasteiger partial charge in [0.25, 0.3) is 5.91 Å². The third-order valence-electron chi connectivity index (χ3n) is 1.67. The average Bonchev–Trinajstić information content (AvgIpc) is 2.55. The third kappa shape index (κ3) is 2.08. The quantitative estimate of drug-likeness (QED) is 0.703. The first-order valence-electron chi connectivity index (χ1n) is 4.03. The van der Waals surface area contributed by atoms with Gasteiger partial charge in [-0.25, -0.2) is 0 Å². The van der Waals surface area contributed by atoms with E-state index >= 15 is 0 Å². The minimum atomic E-state index is 0.123. The van der Waals surface area contributed by atoms with E-state index in [2.05, 4.69) is 6.92 Å². The summed E-state index contributed by atoms with van der Waals surface area (Å²) in [5, 5.41) is 3.81. The van der Waals surface area contributed by atoms with Gasteiger partial charge in [0, 0.05) is 19.0 Å². The Morgan fingerprint density at radius 1 is 1.67 bits per heavy atom. The van der Waals surface area contributed by atoms with Crippen LogP contribution in [0.2, 0.25) is 0 Å². The van der Waals surface area contributed by atoms with Crippen molar-refractivity contribution in [3.05, 3.63) is 22.4 Å². The van der Waals surface area contributed by atoms with Gasteiger partial charge < -0.3 is 4.90 Å². The molecule has 2 nitrogen and oxygen atoms in total. The van der Waals surface area contributed by atoms with E-state index < -0.39 is 0 Å². The zero-order valence-corrected chi connectivity index (χ0v) is 8.23. The van der Waals surface area contributed by atoms with E-state index in [-0.39, 0.29) is 5.91 Å². The maximum absolute atomic E-state index is 11.5. The molecule has 0 saturated heterocycles. The molecule has 0 atom stereocenters. The van der Waals surface area contributed by atoms with Gasteiger partial charge >= 0.3 is 0 Å². The number of carbonyl (C=O) groups is 1. The standard InChI is InChI=1S/C9H13NOS/c1-3-5-10(2)9(11)8-4-6-12-7-8/h4,6-7H,3,5H2,1-2H3. The first kappa shape index (κ1) is 9.26. The summed E-state index contributed by atoms with van der Waals surface area (Å²) in [5.41, 5.74) is 0.802. The number of thiophene rings is 1. The Hall–Kier alpha value is -0.830. The molecule has 0 radical (unpaired) electrons. The number of amides is 1. The molecule has 3 heteroatoms. The molecule has 0 aromatic carbocycles. The second-order valence-electron chi connectivity index (χ2n) is 2.74. The highest BCUT2D eigenvalue weighted by molar-refractivity contribution is 7.08. The Labute approximate surface area is 76.8 Å². The number of rotatable bonds is 3. The molecule has 66 valence electrons. The van der Waals surface area contributed by atoms with Crippen LogP contribution in [0.5, 0.6) is 0 Å². The average molecular weight is 183 g/mol. The lowest BCUT2D eigenvalue weighted by molar-refractivity contribution is 0.0795. The first-order chi connectivity index (χ1) is 5.75. The van der Waals surface area contributed by atoms with Crippen LogP contribution >= 0.6 is 11.3 Å². The van der Waals surface area contributed by atoms with Crippen LogP contribution in [0.3, 0.4) is 0 Å². The van der Waals surface area contributed by atoms with E-state index in [9.17, 15) is 4.79 Å². The first-order valence-corrected chi connectivity index (χ1v) is 4.97. The summed E-state index contributed by atoms with van der Waals surface area (Å²) < 4.78 is 0. The topological polar surface area (TPSA) is 20.3 Å². The molecule has 0 aliphatic rings. The van der Waals surface area contributed by atoms with Crippen molar-refractivity contribution in [3.8, 4) is 0 Å². The normalized spacial score (nSPS) is 9.83. The number of hydrogen-bond acceptors (Lipinski definition) is 2. The summed E-state index contributed by atoms with van der Waals surface area (Å²) >= 11 is 1.56. The van der Waals surface area contributed by atoms with Crippen LogP contribution in [0, 0.1) is 0 Å². The molecule has 1 aromatic heterocycles. The Morgan fingerprint density at radius 2 is 2.42 bits per heavy atom. The molecular formula is C9H13NOS. The molecule has 1 rings (SSSR count). The minimum absolute atomic E-state index is 0.123. The summed E-state index contributed by atoms with van der Waals surface area (Å²) in [6.07, 6.45) is 1.01. The van der Waals surface area contributed by atoms with Crippen LogP contribution in [0.15, 0.2) is 16.8 Å². The lowest BCUT2D eigenvalue weighted by Crippen LogP contribution is -2.26. The molecule has 0 saturated carbocycles.